The van der Waals surface area contributed by atoms with Gasteiger partial charge in [0.15, 0.2) is 0 Å². The molecule has 90 valence electrons. The Kier molecular flexibility index (Phi) is 4.60. The molecule has 4 unspecified atom stereocenters. The zero-order chi connectivity index (χ0) is 11.5. The molecule has 4 atom stereocenters. The zero-order valence-electron chi connectivity index (χ0n) is 11.0. The van der Waals surface area contributed by atoms with Gasteiger partial charge in [0, 0.05) is 11.5 Å². The Morgan fingerprint density at radius 3 is 2.53 bits per heavy atom. The lowest BCUT2D eigenvalue weighted by Crippen LogP contribution is -2.62. The van der Waals surface area contributed by atoms with E-state index in [4.69, 9.17) is 4.74 Å². The Morgan fingerprint density at radius 1 is 1.40 bits per heavy atom. The van der Waals surface area contributed by atoms with E-state index in [2.05, 4.69) is 39.9 Å². The van der Waals surface area contributed by atoms with Gasteiger partial charge in [0.2, 0.25) is 0 Å². The smallest absolute Gasteiger partial charge is 0.0662 e. The monoisotopic (exact) mass is 213 g/mol. The Labute approximate surface area is 94.8 Å². The highest BCUT2D eigenvalue weighted by Crippen LogP contribution is 2.46. The minimum Gasteiger partial charge on any atom is -0.375 e. The lowest BCUT2D eigenvalue weighted by molar-refractivity contribution is -0.152. The fourth-order valence-electron chi connectivity index (χ4n) is 2.44. The first-order valence-corrected chi connectivity index (χ1v) is 6.47. The molecule has 2 heteroatoms. The second-order valence-corrected chi connectivity index (χ2v) is 5.05. The second-order valence-electron chi connectivity index (χ2n) is 5.05. The van der Waals surface area contributed by atoms with Crippen LogP contribution in [0.5, 0.6) is 0 Å². The van der Waals surface area contributed by atoms with Gasteiger partial charge in [-0.3, -0.25) is 0 Å². The van der Waals surface area contributed by atoms with Crippen LogP contribution in [0.1, 0.15) is 53.9 Å². The van der Waals surface area contributed by atoms with Crippen molar-refractivity contribution in [3.05, 3.63) is 0 Å². The predicted molar refractivity (Wildman–Crippen MR) is 65.1 cm³/mol. The number of rotatable bonds is 6. The Morgan fingerprint density at radius 2 is 2.07 bits per heavy atom. The van der Waals surface area contributed by atoms with E-state index in [1.807, 2.05) is 0 Å². The third-order valence-electron chi connectivity index (χ3n) is 4.17. The van der Waals surface area contributed by atoms with Crippen molar-refractivity contribution in [3.63, 3.8) is 0 Å². The van der Waals surface area contributed by atoms with E-state index in [1.165, 1.54) is 12.8 Å². The van der Waals surface area contributed by atoms with Gasteiger partial charge in [0.05, 0.1) is 12.2 Å². The summed E-state index contributed by atoms with van der Waals surface area (Å²) in [6, 6.07) is 0.654. The molecule has 1 aliphatic rings. The molecule has 15 heavy (non-hydrogen) atoms. The lowest BCUT2D eigenvalue weighted by atomic mass is 9.61. The minimum atomic E-state index is 0.347. The number of nitrogens with one attached hydrogen (secondary N) is 1. The molecular weight excluding hydrogens is 186 g/mol. The van der Waals surface area contributed by atoms with E-state index in [-0.39, 0.29) is 0 Å². The minimum absolute atomic E-state index is 0.347. The van der Waals surface area contributed by atoms with Crippen LogP contribution in [0.2, 0.25) is 0 Å². The fourth-order valence-corrected chi connectivity index (χ4v) is 2.44. The van der Waals surface area contributed by atoms with Gasteiger partial charge in [-0.25, -0.2) is 0 Å². The van der Waals surface area contributed by atoms with Gasteiger partial charge in [-0.15, -0.1) is 0 Å². The highest BCUT2D eigenvalue weighted by molar-refractivity contribution is 5.04. The topological polar surface area (TPSA) is 21.3 Å². The van der Waals surface area contributed by atoms with Crippen molar-refractivity contribution in [3.8, 4) is 0 Å². The maximum atomic E-state index is 6.08. The van der Waals surface area contributed by atoms with Crippen LogP contribution in [-0.2, 0) is 4.74 Å². The van der Waals surface area contributed by atoms with Crippen molar-refractivity contribution in [1.29, 1.82) is 0 Å². The summed E-state index contributed by atoms with van der Waals surface area (Å²) in [5, 5.41) is 3.56. The molecule has 0 saturated heterocycles. The summed E-state index contributed by atoms with van der Waals surface area (Å²) < 4.78 is 6.08. The summed E-state index contributed by atoms with van der Waals surface area (Å²) in [6.07, 6.45) is 4.36. The highest BCUT2D eigenvalue weighted by atomic mass is 16.5. The average molecular weight is 213 g/mol. The lowest BCUT2D eigenvalue weighted by Gasteiger charge is -2.54. The Hall–Kier alpha value is -0.0800. The molecule has 1 saturated carbocycles. The van der Waals surface area contributed by atoms with Gasteiger partial charge in [-0.1, -0.05) is 27.7 Å². The normalized spacial score (nSPS) is 37.4. The van der Waals surface area contributed by atoms with Gasteiger partial charge in [-0.05, 0) is 32.7 Å². The van der Waals surface area contributed by atoms with E-state index in [0.717, 1.165) is 13.0 Å². The molecule has 1 N–H and O–H groups in total. The third kappa shape index (κ3) is 2.54. The molecule has 1 fully saturated rings. The summed E-state index contributed by atoms with van der Waals surface area (Å²) in [5.41, 5.74) is 0.347. The van der Waals surface area contributed by atoms with E-state index < -0.39 is 0 Å². The first-order chi connectivity index (χ1) is 7.08. The van der Waals surface area contributed by atoms with Gasteiger partial charge < -0.3 is 10.1 Å². The van der Waals surface area contributed by atoms with Crippen molar-refractivity contribution in [2.45, 2.75) is 72.1 Å². The van der Waals surface area contributed by atoms with Gasteiger partial charge in [0.1, 0.15) is 0 Å². The molecule has 0 aromatic heterocycles. The molecule has 1 aliphatic carbocycles. The molecule has 0 radical (unpaired) electrons. The van der Waals surface area contributed by atoms with E-state index in [9.17, 15) is 0 Å². The third-order valence-corrected chi connectivity index (χ3v) is 4.17. The molecule has 0 bridgehead atoms. The molecule has 0 aliphatic heterocycles. The molecule has 0 spiro atoms. The maximum absolute atomic E-state index is 6.08. The van der Waals surface area contributed by atoms with Crippen LogP contribution in [0.3, 0.4) is 0 Å². The van der Waals surface area contributed by atoms with Gasteiger partial charge in [-0.2, -0.15) is 0 Å². The fraction of sp³-hybridized carbons (Fsp3) is 1.00. The predicted octanol–water partition coefficient (Wildman–Crippen LogP) is 2.97. The quantitative estimate of drug-likeness (QED) is 0.732. The van der Waals surface area contributed by atoms with Crippen LogP contribution >= 0.6 is 0 Å². The maximum Gasteiger partial charge on any atom is 0.0662 e. The van der Waals surface area contributed by atoms with Crippen molar-refractivity contribution >= 4 is 0 Å². The number of hydrogen-bond acceptors (Lipinski definition) is 2. The van der Waals surface area contributed by atoms with Crippen LogP contribution in [0.4, 0.5) is 0 Å². The molecule has 0 aromatic rings. The molecule has 2 nitrogen and oxygen atoms in total. The summed E-state index contributed by atoms with van der Waals surface area (Å²) in [7, 11) is 0. The van der Waals surface area contributed by atoms with E-state index in [1.54, 1.807) is 0 Å². The summed E-state index contributed by atoms with van der Waals surface area (Å²) in [5.74, 6) is 0. The number of ether oxygens (including phenoxy) is 1. The zero-order valence-corrected chi connectivity index (χ0v) is 11.0. The summed E-state index contributed by atoms with van der Waals surface area (Å²) in [4.78, 5) is 0. The molecule has 1 rings (SSSR count). The van der Waals surface area contributed by atoms with Gasteiger partial charge in [0.25, 0.3) is 0 Å². The largest absolute Gasteiger partial charge is 0.375 e. The second kappa shape index (κ2) is 5.31. The average Bonchev–Trinajstić information content (AvgIpc) is 2.26. The Bertz CT molecular complexity index is 195. The van der Waals surface area contributed by atoms with Crippen LogP contribution in [0.25, 0.3) is 0 Å². The van der Waals surface area contributed by atoms with E-state index >= 15 is 0 Å². The van der Waals surface area contributed by atoms with Crippen molar-refractivity contribution < 1.29 is 4.74 Å². The van der Waals surface area contributed by atoms with Crippen LogP contribution in [0.15, 0.2) is 0 Å². The first kappa shape index (κ1) is 13.0. The van der Waals surface area contributed by atoms with Crippen LogP contribution < -0.4 is 5.32 Å². The van der Waals surface area contributed by atoms with Crippen molar-refractivity contribution in [2.75, 3.05) is 6.54 Å². The van der Waals surface area contributed by atoms with Crippen LogP contribution in [-0.4, -0.2) is 24.8 Å². The molecule has 0 heterocycles. The summed E-state index contributed by atoms with van der Waals surface area (Å²) in [6.45, 7) is 12.2. The van der Waals surface area contributed by atoms with E-state index in [0.29, 0.717) is 23.7 Å². The molecule has 0 amide bonds. The van der Waals surface area contributed by atoms with Crippen molar-refractivity contribution in [1.82, 2.24) is 5.32 Å². The van der Waals surface area contributed by atoms with Gasteiger partial charge >= 0.3 is 0 Å². The highest BCUT2D eigenvalue weighted by Gasteiger charge is 2.51. The van der Waals surface area contributed by atoms with Crippen molar-refractivity contribution in [2.24, 2.45) is 5.41 Å². The SMILES string of the molecule is CCNC1CC(OC(C)CC)C1(C)CC. The summed E-state index contributed by atoms with van der Waals surface area (Å²) >= 11 is 0. The van der Waals surface area contributed by atoms with Crippen LogP contribution in [0, 0.1) is 5.41 Å². The molecular formula is C13H27NO. The first-order valence-electron chi connectivity index (χ1n) is 6.47. The number of hydrogen-bond donors (Lipinski definition) is 1. The standard InChI is InChI=1S/C13H27NO/c1-6-10(4)15-12-9-11(14-8-3)13(12,5)7-2/h10-12,14H,6-9H2,1-5H3. The Balaban J connectivity index is 2.49. The molecule has 0 aromatic carbocycles.